The van der Waals surface area contributed by atoms with Crippen molar-refractivity contribution in [2.75, 3.05) is 27.2 Å². The molecule has 1 heterocycles. The first-order valence-corrected chi connectivity index (χ1v) is 6.26. The van der Waals surface area contributed by atoms with E-state index in [-0.39, 0.29) is 5.91 Å². The Labute approximate surface area is 109 Å². The molecule has 0 aromatic carbocycles. The van der Waals surface area contributed by atoms with Crippen molar-refractivity contribution in [2.45, 2.75) is 6.42 Å². The van der Waals surface area contributed by atoms with E-state index >= 15 is 0 Å². The van der Waals surface area contributed by atoms with Gasteiger partial charge < -0.3 is 9.80 Å². The summed E-state index contributed by atoms with van der Waals surface area (Å²) < 4.78 is 0. The number of allylic oxidation sites excluding steroid dienone is 5. The first kappa shape index (κ1) is 12.7. The largest absolute Gasteiger partial charge is 0.377 e. The van der Waals surface area contributed by atoms with Gasteiger partial charge in [-0.3, -0.25) is 4.79 Å². The number of likely N-dealkylation sites (tertiary alicyclic amines) is 1. The highest BCUT2D eigenvalue weighted by Crippen LogP contribution is 2.30. The van der Waals surface area contributed by atoms with Gasteiger partial charge in [0, 0.05) is 45.2 Å². The minimum absolute atomic E-state index is 0.0104. The number of nitrogens with zero attached hydrogens (tertiary/aromatic N) is 2. The fraction of sp³-hybridized carbons (Fsp3) is 0.400. The number of carbonyl (C=O) groups excluding carboxylic acids is 1. The predicted octanol–water partition coefficient (Wildman–Crippen LogP) is 1.96. The summed E-state index contributed by atoms with van der Waals surface area (Å²) in [4.78, 5) is 15.6. The van der Waals surface area contributed by atoms with E-state index in [1.807, 2.05) is 7.05 Å². The molecule has 1 aliphatic heterocycles. The average Bonchev–Trinajstić information content (AvgIpc) is 2.58. The molecule has 0 spiro atoms. The van der Waals surface area contributed by atoms with E-state index < -0.39 is 0 Å². The van der Waals surface area contributed by atoms with Crippen LogP contribution in [0.3, 0.4) is 0 Å². The van der Waals surface area contributed by atoms with E-state index in [1.165, 1.54) is 17.3 Å². The summed E-state index contributed by atoms with van der Waals surface area (Å²) in [5.74, 6) is 0.396. The van der Waals surface area contributed by atoms with Crippen LogP contribution in [0.2, 0.25) is 0 Å². The van der Waals surface area contributed by atoms with E-state index in [2.05, 4.69) is 42.8 Å². The lowest BCUT2D eigenvalue weighted by Gasteiger charge is -2.37. The number of fused-ring (bicyclic) bond motifs is 2. The van der Waals surface area contributed by atoms with Crippen molar-refractivity contribution in [3.8, 4) is 0 Å². The molecule has 0 saturated carbocycles. The van der Waals surface area contributed by atoms with Crippen LogP contribution in [0.15, 0.2) is 48.2 Å². The Morgan fingerprint density at radius 1 is 1.56 bits per heavy atom. The van der Waals surface area contributed by atoms with Crippen LogP contribution >= 0.6 is 0 Å². The fourth-order valence-electron chi connectivity index (χ4n) is 2.53. The van der Waals surface area contributed by atoms with Crippen LogP contribution in [-0.4, -0.2) is 42.9 Å². The first-order chi connectivity index (χ1) is 8.61. The molecular formula is C15H20N2O. The fourth-order valence-corrected chi connectivity index (χ4v) is 2.53. The molecule has 1 amide bonds. The maximum absolute atomic E-state index is 11.6. The summed E-state index contributed by atoms with van der Waals surface area (Å²) in [6, 6.07) is 0. The monoisotopic (exact) mass is 244 g/mol. The van der Waals surface area contributed by atoms with Gasteiger partial charge in [0.25, 0.3) is 0 Å². The highest BCUT2D eigenvalue weighted by Gasteiger charge is 2.26. The average molecular weight is 244 g/mol. The number of carbonyl (C=O) groups is 1. The van der Waals surface area contributed by atoms with Gasteiger partial charge in [-0.1, -0.05) is 30.4 Å². The Morgan fingerprint density at radius 3 is 3.00 bits per heavy atom. The Hall–Kier alpha value is -1.77. The summed E-state index contributed by atoms with van der Waals surface area (Å²) in [5.41, 5.74) is 2.76. The molecule has 3 nitrogen and oxygen atoms in total. The van der Waals surface area contributed by atoms with Crippen LogP contribution in [0.25, 0.3) is 0 Å². The van der Waals surface area contributed by atoms with Gasteiger partial charge >= 0.3 is 0 Å². The first-order valence-electron chi connectivity index (χ1n) is 6.26. The maximum atomic E-state index is 11.6. The Kier molecular flexibility index (Phi) is 3.70. The molecule has 2 aliphatic rings. The zero-order valence-corrected chi connectivity index (χ0v) is 11.1. The molecule has 1 saturated heterocycles. The molecule has 96 valence electrons. The van der Waals surface area contributed by atoms with Gasteiger partial charge in [0.1, 0.15) is 0 Å². The van der Waals surface area contributed by atoms with Crippen LogP contribution < -0.4 is 0 Å². The van der Waals surface area contributed by atoms with Crippen molar-refractivity contribution < 1.29 is 4.79 Å². The molecule has 1 fully saturated rings. The second-order valence-electron chi connectivity index (χ2n) is 4.96. The van der Waals surface area contributed by atoms with Gasteiger partial charge in [0.15, 0.2) is 0 Å². The molecule has 2 bridgehead atoms. The third-order valence-corrected chi connectivity index (χ3v) is 3.65. The summed E-state index contributed by atoms with van der Waals surface area (Å²) in [7, 11) is 3.95. The highest BCUT2D eigenvalue weighted by molar-refractivity contribution is 5.86. The Balaban J connectivity index is 2.12. The molecule has 1 aliphatic carbocycles. The normalized spacial score (nSPS) is 21.9. The smallest absolute Gasteiger partial charge is 0.245 e. The van der Waals surface area contributed by atoms with Gasteiger partial charge in [-0.2, -0.15) is 0 Å². The van der Waals surface area contributed by atoms with E-state index in [1.54, 1.807) is 4.90 Å². The molecule has 1 unspecified atom stereocenters. The lowest BCUT2D eigenvalue weighted by molar-refractivity contribution is -0.125. The molecule has 0 aromatic heterocycles. The Bertz CT molecular complexity index is 445. The summed E-state index contributed by atoms with van der Waals surface area (Å²) >= 11 is 0. The van der Waals surface area contributed by atoms with Crippen molar-refractivity contribution in [3.05, 3.63) is 48.2 Å². The van der Waals surface area contributed by atoms with Crippen molar-refractivity contribution >= 4 is 5.91 Å². The topological polar surface area (TPSA) is 23.6 Å². The van der Waals surface area contributed by atoms with Crippen LogP contribution in [0.1, 0.15) is 6.42 Å². The molecule has 2 rings (SSSR count). The van der Waals surface area contributed by atoms with E-state index in [0.717, 1.165) is 19.5 Å². The SMILES string of the molecule is C=CC(=O)N(C)CC1CN(C)C2=CC=CC=C1C2. The zero-order chi connectivity index (χ0) is 13.1. The molecule has 0 radical (unpaired) electrons. The number of piperidine rings is 1. The number of amides is 1. The lowest BCUT2D eigenvalue weighted by atomic mass is 9.89. The van der Waals surface area contributed by atoms with E-state index in [9.17, 15) is 4.79 Å². The van der Waals surface area contributed by atoms with Crippen molar-refractivity contribution in [2.24, 2.45) is 5.92 Å². The van der Waals surface area contributed by atoms with E-state index in [0.29, 0.717) is 5.92 Å². The quantitative estimate of drug-likeness (QED) is 0.709. The standard InChI is InChI=1S/C15H20N2O/c1-4-15(18)17(3)11-13-10-16(2)14-8-6-5-7-12(13)9-14/h4-8,13H,1,9-11H2,2-3H3. The molecule has 0 aromatic rings. The van der Waals surface area contributed by atoms with Crippen LogP contribution in [0.4, 0.5) is 0 Å². The number of likely N-dealkylation sites (N-methyl/N-ethyl adjacent to an activating group) is 1. The summed E-state index contributed by atoms with van der Waals surface area (Å²) in [6.45, 7) is 5.25. The number of hydrogen-bond acceptors (Lipinski definition) is 2. The number of hydrogen-bond donors (Lipinski definition) is 0. The lowest BCUT2D eigenvalue weighted by Crippen LogP contribution is -2.39. The van der Waals surface area contributed by atoms with Crippen LogP contribution in [-0.2, 0) is 4.79 Å². The summed E-state index contributed by atoms with van der Waals surface area (Å²) in [5, 5.41) is 0. The summed E-state index contributed by atoms with van der Waals surface area (Å²) in [6.07, 6.45) is 10.9. The van der Waals surface area contributed by atoms with Gasteiger partial charge in [-0.25, -0.2) is 0 Å². The van der Waals surface area contributed by atoms with Crippen molar-refractivity contribution in [3.63, 3.8) is 0 Å². The maximum Gasteiger partial charge on any atom is 0.245 e. The molecule has 1 atom stereocenters. The van der Waals surface area contributed by atoms with E-state index in [4.69, 9.17) is 0 Å². The molecular weight excluding hydrogens is 224 g/mol. The number of rotatable bonds is 3. The van der Waals surface area contributed by atoms with Crippen LogP contribution in [0, 0.1) is 5.92 Å². The van der Waals surface area contributed by atoms with Crippen molar-refractivity contribution in [1.29, 1.82) is 0 Å². The van der Waals surface area contributed by atoms with Crippen molar-refractivity contribution in [1.82, 2.24) is 9.80 Å². The molecule has 3 heteroatoms. The minimum atomic E-state index is -0.0104. The third-order valence-electron chi connectivity index (χ3n) is 3.65. The zero-order valence-electron chi connectivity index (χ0n) is 11.1. The third kappa shape index (κ3) is 2.55. The van der Waals surface area contributed by atoms with Crippen LogP contribution in [0.5, 0.6) is 0 Å². The highest BCUT2D eigenvalue weighted by atomic mass is 16.2. The second kappa shape index (κ2) is 5.25. The minimum Gasteiger partial charge on any atom is -0.377 e. The molecule has 18 heavy (non-hydrogen) atoms. The Morgan fingerprint density at radius 2 is 2.28 bits per heavy atom. The van der Waals surface area contributed by atoms with Gasteiger partial charge in [-0.15, -0.1) is 0 Å². The molecule has 0 N–H and O–H groups in total. The van der Waals surface area contributed by atoms with Gasteiger partial charge in [0.05, 0.1) is 0 Å². The predicted molar refractivity (Wildman–Crippen MR) is 73.9 cm³/mol. The van der Waals surface area contributed by atoms with Gasteiger partial charge in [-0.05, 0) is 12.2 Å². The van der Waals surface area contributed by atoms with Gasteiger partial charge in [0.2, 0.25) is 5.91 Å². The second-order valence-corrected chi connectivity index (χ2v) is 4.96.